The van der Waals surface area contributed by atoms with Crippen LogP contribution in [-0.4, -0.2) is 0 Å². The molecule has 4 aromatic rings. The van der Waals surface area contributed by atoms with Crippen molar-refractivity contribution in [2.24, 2.45) is 0 Å². The molecule has 1 aromatic heterocycles. The average Bonchev–Trinajstić information content (AvgIpc) is 2.84. The molecule has 21 heavy (non-hydrogen) atoms. The van der Waals surface area contributed by atoms with Gasteiger partial charge in [0.2, 0.25) is 0 Å². The molecule has 0 amide bonds. The van der Waals surface area contributed by atoms with Gasteiger partial charge in [-0.1, -0.05) is 48.5 Å². The van der Waals surface area contributed by atoms with Gasteiger partial charge in [0.25, 0.3) is 0 Å². The Hall–Kier alpha value is -2.87. The first-order chi connectivity index (χ1) is 10.3. The second-order valence-electron chi connectivity index (χ2n) is 5.37. The molecule has 0 atom stereocenters. The predicted molar refractivity (Wildman–Crippen MR) is 84.4 cm³/mol. The van der Waals surface area contributed by atoms with Gasteiger partial charge >= 0.3 is 5.63 Å². The monoisotopic (exact) mass is 270 g/mol. The van der Waals surface area contributed by atoms with Gasteiger partial charge in [-0.3, -0.25) is 0 Å². The van der Waals surface area contributed by atoms with Crippen LogP contribution in [0.3, 0.4) is 0 Å². The van der Waals surface area contributed by atoms with Crippen molar-refractivity contribution in [2.75, 3.05) is 0 Å². The molecule has 0 spiro atoms. The molecule has 98 valence electrons. The number of hydrogen-bond donors (Lipinski definition) is 0. The Balaban J connectivity index is 2.17. The lowest BCUT2D eigenvalue weighted by molar-refractivity contribution is 0.562. The molecule has 2 heteroatoms. The third kappa shape index (κ3) is 1.29. The van der Waals surface area contributed by atoms with Crippen molar-refractivity contribution in [3.8, 4) is 22.3 Å². The molecule has 0 fully saturated rings. The highest BCUT2D eigenvalue weighted by molar-refractivity contribution is 6.22. The Morgan fingerprint density at radius 2 is 1.52 bits per heavy atom. The third-order valence-electron chi connectivity index (χ3n) is 4.24. The first-order valence-corrected chi connectivity index (χ1v) is 6.92. The normalized spacial score (nSPS) is 12.0. The van der Waals surface area contributed by atoms with Crippen LogP contribution in [0, 0.1) is 0 Å². The van der Waals surface area contributed by atoms with Gasteiger partial charge in [-0.2, -0.15) is 0 Å². The van der Waals surface area contributed by atoms with Crippen molar-refractivity contribution in [1.82, 2.24) is 0 Å². The summed E-state index contributed by atoms with van der Waals surface area (Å²) >= 11 is 0. The fraction of sp³-hybridized carbons (Fsp3) is 0. The standard InChI is InChI=1S/C19H10O2/c20-17-10-15-13-7-3-4-8-14(13)18-12-6-2-1-5-11(12)9-16(21-17)19(15)18/h1-10H. The van der Waals surface area contributed by atoms with Gasteiger partial charge < -0.3 is 4.42 Å². The van der Waals surface area contributed by atoms with Crippen molar-refractivity contribution < 1.29 is 4.42 Å². The Morgan fingerprint density at radius 1 is 0.762 bits per heavy atom. The highest BCUT2D eigenvalue weighted by atomic mass is 16.4. The van der Waals surface area contributed by atoms with E-state index < -0.39 is 0 Å². The Bertz CT molecular complexity index is 1100. The maximum atomic E-state index is 11.9. The first kappa shape index (κ1) is 10.9. The summed E-state index contributed by atoms with van der Waals surface area (Å²) < 4.78 is 5.45. The van der Waals surface area contributed by atoms with E-state index >= 15 is 0 Å². The molecule has 3 aromatic carbocycles. The van der Waals surface area contributed by atoms with Crippen LogP contribution in [0.2, 0.25) is 0 Å². The Kier molecular flexibility index (Phi) is 1.87. The van der Waals surface area contributed by atoms with Crippen LogP contribution in [0.15, 0.2) is 69.9 Å². The summed E-state index contributed by atoms with van der Waals surface area (Å²) in [6, 6.07) is 20.0. The maximum absolute atomic E-state index is 11.9. The van der Waals surface area contributed by atoms with Crippen molar-refractivity contribution in [3.05, 3.63) is 71.1 Å². The second-order valence-corrected chi connectivity index (χ2v) is 5.37. The molecule has 1 aliphatic rings. The van der Waals surface area contributed by atoms with E-state index in [9.17, 15) is 4.79 Å². The zero-order valence-corrected chi connectivity index (χ0v) is 11.1. The molecule has 0 unspecified atom stereocenters. The van der Waals surface area contributed by atoms with Gasteiger partial charge in [0.15, 0.2) is 0 Å². The molecule has 0 bridgehead atoms. The summed E-state index contributed by atoms with van der Waals surface area (Å²) in [7, 11) is 0. The van der Waals surface area contributed by atoms with Crippen molar-refractivity contribution >= 4 is 21.7 Å². The first-order valence-electron chi connectivity index (χ1n) is 6.92. The van der Waals surface area contributed by atoms with Crippen LogP contribution in [-0.2, 0) is 0 Å². The number of benzene rings is 3. The maximum Gasteiger partial charge on any atom is 0.336 e. The van der Waals surface area contributed by atoms with Crippen LogP contribution < -0.4 is 5.63 Å². The molecule has 0 saturated heterocycles. The van der Waals surface area contributed by atoms with E-state index in [1.54, 1.807) is 6.07 Å². The molecule has 1 aliphatic carbocycles. The Morgan fingerprint density at radius 3 is 2.43 bits per heavy atom. The van der Waals surface area contributed by atoms with Crippen LogP contribution in [0.4, 0.5) is 0 Å². The third-order valence-corrected chi connectivity index (χ3v) is 4.24. The van der Waals surface area contributed by atoms with E-state index in [2.05, 4.69) is 24.3 Å². The Labute approximate surface area is 120 Å². The van der Waals surface area contributed by atoms with E-state index in [0.717, 1.165) is 21.9 Å². The number of rotatable bonds is 0. The van der Waals surface area contributed by atoms with Crippen LogP contribution in [0.5, 0.6) is 0 Å². The molecular weight excluding hydrogens is 260 g/mol. The molecule has 5 rings (SSSR count). The number of fused-ring (bicyclic) bond motifs is 5. The number of hydrogen-bond acceptors (Lipinski definition) is 2. The SMILES string of the molecule is O=c1cc2c3c(c4ccccc4cc3o1)-c1ccccc1-2. The lowest BCUT2D eigenvalue weighted by atomic mass is 9.98. The predicted octanol–water partition coefficient (Wildman–Crippen LogP) is 4.59. The zero-order chi connectivity index (χ0) is 14.0. The molecule has 0 aliphatic heterocycles. The largest absolute Gasteiger partial charge is 0.423 e. The molecule has 1 heterocycles. The minimum atomic E-state index is -0.296. The zero-order valence-electron chi connectivity index (χ0n) is 11.1. The summed E-state index contributed by atoms with van der Waals surface area (Å²) in [4.78, 5) is 11.9. The fourth-order valence-corrected chi connectivity index (χ4v) is 3.43. The van der Waals surface area contributed by atoms with Crippen LogP contribution in [0.1, 0.15) is 0 Å². The quantitative estimate of drug-likeness (QED) is 0.304. The van der Waals surface area contributed by atoms with Crippen molar-refractivity contribution in [3.63, 3.8) is 0 Å². The fourth-order valence-electron chi connectivity index (χ4n) is 3.43. The van der Waals surface area contributed by atoms with E-state index in [1.807, 2.05) is 30.3 Å². The second kappa shape index (κ2) is 3.61. The van der Waals surface area contributed by atoms with E-state index in [-0.39, 0.29) is 5.63 Å². The highest BCUT2D eigenvalue weighted by Gasteiger charge is 2.24. The van der Waals surface area contributed by atoms with Gasteiger partial charge in [0.1, 0.15) is 5.58 Å². The van der Waals surface area contributed by atoms with Crippen molar-refractivity contribution in [2.45, 2.75) is 0 Å². The molecule has 0 radical (unpaired) electrons. The van der Waals surface area contributed by atoms with E-state index in [0.29, 0.717) is 5.58 Å². The average molecular weight is 270 g/mol. The van der Waals surface area contributed by atoms with Crippen molar-refractivity contribution in [1.29, 1.82) is 0 Å². The van der Waals surface area contributed by atoms with Gasteiger partial charge in [0.05, 0.1) is 0 Å². The molecule has 2 nitrogen and oxygen atoms in total. The van der Waals surface area contributed by atoms with Crippen LogP contribution in [0.25, 0.3) is 44.0 Å². The summed E-state index contributed by atoms with van der Waals surface area (Å²) in [5.74, 6) is 0. The summed E-state index contributed by atoms with van der Waals surface area (Å²) in [6.45, 7) is 0. The minimum Gasteiger partial charge on any atom is -0.423 e. The lowest BCUT2D eigenvalue weighted by Gasteiger charge is -2.06. The van der Waals surface area contributed by atoms with Gasteiger partial charge in [-0.05, 0) is 28.0 Å². The van der Waals surface area contributed by atoms with Gasteiger partial charge in [-0.25, -0.2) is 4.79 Å². The van der Waals surface area contributed by atoms with E-state index in [1.165, 1.54) is 16.5 Å². The van der Waals surface area contributed by atoms with Gasteiger partial charge in [0, 0.05) is 22.6 Å². The highest BCUT2D eigenvalue weighted by Crippen LogP contribution is 2.49. The van der Waals surface area contributed by atoms with E-state index in [4.69, 9.17) is 4.42 Å². The topological polar surface area (TPSA) is 30.2 Å². The summed E-state index contributed by atoms with van der Waals surface area (Å²) in [6.07, 6.45) is 0. The smallest absolute Gasteiger partial charge is 0.336 e. The van der Waals surface area contributed by atoms with Gasteiger partial charge in [-0.15, -0.1) is 0 Å². The lowest BCUT2D eigenvalue weighted by Crippen LogP contribution is -1.96. The summed E-state index contributed by atoms with van der Waals surface area (Å²) in [5, 5.41) is 3.34. The summed E-state index contributed by atoms with van der Waals surface area (Å²) in [5.41, 5.74) is 4.82. The molecule has 0 saturated carbocycles. The van der Waals surface area contributed by atoms with Crippen LogP contribution >= 0.6 is 0 Å². The molecule has 0 N–H and O–H groups in total. The molecular formula is C19H10O2. The minimum absolute atomic E-state index is 0.296.